The maximum absolute atomic E-state index is 6.62. The van der Waals surface area contributed by atoms with Crippen LogP contribution in [0.3, 0.4) is 0 Å². The third-order valence-corrected chi connectivity index (χ3v) is 7.82. The standard InChI is InChI=1S/C28H21BrCl2N4O/c1-2-21-24(26-32-33-27(36-26)28(15-16-28)18-9-13-20(30)14-10-18)34-35(23-6-4-3-5-22(23)31)25(21)17-7-11-19(29)12-8-17/h3-14H,2,15-16H2,1H3. The Morgan fingerprint density at radius 3 is 2.33 bits per heavy atom. The lowest BCUT2D eigenvalue weighted by molar-refractivity contribution is 0.470. The van der Waals surface area contributed by atoms with Crippen LogP contribution in [0.4, 0.5) is 0 Å². The molecular weight excluding hydrogens is 559 g/mol. The number of hydrogen-bond acceptors (Lipinski definition) is 4. The van der Waals surface area contributed by atoms with Gasteiger partial charge in [-0.25, -0.2) is 4.68 Å². The molecule has 1 saturated carbocycles. The van der Waals surface area contributed by atoms with Crippen molar-refractivity contribution in [2.24, 2.45) is 0 Å². The normalized spacial score (nSPS) is 14.2. The molecule has 5 aromatic rings. The van der Waals surface area contributed by atoms with Gasteiger partial charge in [-0.2, -0.15) is 5.10 Å². The highest BCUT2D eigenvalue weighted by Gasteiger charge is 2.51. The van der Waals surface area contributed by atoms with Gasteiger partial charge in [-0.1, -0.05) is 82.5 Å². The molecule has 2 heterocycles. The van der Waals surface area contributed by atoms with E-state index in [1.807, 2.05) is 65.3 Å². The first kappa shape index (κ1) is 23.5. The van der Waals surface area contributed by atoms with Crippen molar-refractivity contribution in [1.82, 2.24) is 20.0 Å². The van der Waals surface area contributed by atoms with Gasteiger partial charge in [0.1, 0.15) is 0 Å². The van der Waals surface area contributed by atoms with Gasteiger partial charge in [0.25, 0.3) is 5.89 Å². The fourth-order valence-corrected chi connectivity index (χ4v) is 5.30. The molecule has 1 aliphatic rings. The number of nitrogens with zero attached hydrogens (tertiary/aromatic N) is 4. The van der Waals surface area contributed by atoms with Crippen molar-refractivity contribution in [3.8, 4) is 28.5 Å². The summed E-state index contributed by atoms with van der Waals surface area (Å²) in [5.41, 5.74) is 5.32. The Labute approximate surface area is 227 Å². The van der Waals surface area contributed by atoms with Crippen LogP contribution in [-0.4, -0.2) is 20.0 Å². The zero-order valence-corrected chi connectivity index (χ0v) is 22.5. The largest absolute Gasteiger partial charge is 0.418 e. The van der Waals surface area contributed by atoms with Gasteiger partial charge < -0.3 is 4.42 Å². The van der Waals surface area contributed by atoms with Crippen LogP contribution in [0.1, 0.15) is 36.8 Å². The van der Waals surface area contributed by atoms with Crippen LogP contribution in [0, 0.1) is 0 Å². The van der Waals surface area contributed by atoms with Crippen molar-refractivity contribution < 1.29 is 4.42 Å². The third-order valence-electron chi connectivity index (χ3n) is 6.72. The maximum Gasteiger partial charge on any atom is 0.268 e. The van der Waals surface area contributed by atoms with Crippen molar-refractivity contribution in [2.45, 2.75) is 31.6 Å². The van der Waals surface area contributed by atoms with E-state index in [0.29, 0.717) is 27.5 Å². The molecule has 5 nitrogen and oxygen atoms in total. The van der Waals surface area contributed by atoms with Crippen LogP contribution in [0.2, 0.25) is 10.0 Å². The van der Waals surface area contributed by atoms with Crippen LogP contribution in [-0.2, 0) is 11.8 Å². The molecule has 0 N–H and O–H groups in total. The van der Waals surface area contributed by atoms with Crippen LogP contribution in [0.15, 0.2) is 81.7 Å². The van der Waals surface area contributed by atoms with E-state index >= 15 is 0 Å². The van der Waals surface area contributed by atoms with Crippen molar-refractivity contribution in [3.63, 3.8) is 0 Å². The second-order valence-corrected chi connectivity index (χ2v) is 10.7. The molecule has 1 fully saturated rings. The van der Waals surface area contributed by atoms with Crippen molar-refractivity contribution in [2.75, 3.05) is 0 Å². The molecule has 36 heavy (non-hydrogen) atoms. The molecule has 0 amide bonds. The predicted molar refractivity (Wildman–Crippen MR) is 146 cm³/mol. The topological polar surface area (TPSA) is 56.7 Å². The summed E-state index contributed by atoms with van der Waals surface area (Å²) in [6, 6.07) is 23.7. The Balaban J connectivity index is 1.50. The van der Waals surface area contributed by atoms with Crippen LogP contribution in [0.25, 0.3) is 28.5 Å². The maximum atomic E-state index is 6.62. The molecular formula is C28H21BrCl2N4O. The van der Waals surface area contributed by atoms with E-state index < -0.39 is 0 Å². The molecule has 8 heteroatoms. The highest BCUT2D eigenvalue weighted by atomic mass is 79.9. The third kappa shape index (κ3) is 3.97. The van der Waals surface area contributed by atoms with Crippen LogP contribution in [0.5, 0.6) is 0 Å². The predicted octanol–water partition coefficient (Wildman–Crippen LogP) is 8.30. The molecule has 0 atom stereocenters. The fraction of sp³-hybridized carbons (Fsp3) is 0.179. The minimum absolute atomic E-state index is 0.262. The number of hydrogen-bond donors (Lipinski definition) is 0. The summed E-state index contributed by atoms with van der Waals surface area (Å²) in [6.45, 7) is 2.10. The average molecular weight is 580 g/mol. The zero-order valence-electron chi connectivity index (χ0n) is 19.4. The number of rotatable bonds is 6. The highest BCUT2D eigenvalue weighted by Crippen LogP contribution is 2.53. The molecule has 0 spiro atoms. The molecule has 2 aromatic heterocycles. The van der Waals surface area contributed by atoms with Gasteiger partial charge >= 0.3 is 0 Å². The first-order valence-electron chi connectivity index (χ1n) is 11.7. The lowest BCUT2D eigenvalue weighted by Crippen LogP contribution is -2.08. The van der Waals surface area contributed by atoms with Crippen LogP contribution < -0.4 is 0 Å². The second kappa shape index (κ2) is 9.18. The smallest absolute Gasteiger partial charge is 0.268 e. The van der Waals surface area contributed by atoms with Crippen LogP contribution >= 0.6 is 39.1 Å². The summed E-state index contributed by atoms with van der Waals surface area (Å²) >= 11 is 16.3. The SMILES string of the molecule is CCc1c(-c2nnc(C3(c4ccc(Cl)cc4)CC3)o2)nn(-c2ccccc2Cl)c1-c1ccc(Br)cc1. The average Bonchev–Trinajstić information content (AvgIpc) is 3.38. The van der Waals surface area contributed by atoms with E-state index in [4.69, 9.17) is 32.7 Å². The van der Waals surface area contributed by atoms with Crippen molar-refractivity contribution in [3.05, 3.63) is 104 Å². The summed E-state index contributed by atoms with van der Waals surface area (Å²) in [7, 11) is 0. The molecule has 3 aromatic carbocycles. The minimum Gasteiger partial charge on any atom is -0.418 e. The van der Waals surface area contributed by atoms with Gasteiger partial charge in [0.2, 0.25) is 5.89 Å². The summed E-state index contributed by atoms with van der Waals surface area (Å²) in [5, 5.41) is 15.3. The fourth-order valence-electron chi connectivity index (χ4n) is 4.69. The van der Waals surface area contributed by atoms with Gasteiger partial charge in [-0.3, -0.25) is 0 Å². The number of para-hydroxylation sites is 1. The Bertz CT molecular complexity index is 1550. The second-order valence-electron chi connectivity index (χ2n) is 8.90. The van der Waals surface area contributed by atoms with Gasteiger partial charge in [0.05, 0.1) is 21.8 Å². The summed E-state index contributed by atoms with van der Waals surface area (Å²) in [6.07, 6.45) is 2.63. The summed E-state index contributed by atoms with van der Waals surface area (Å²) < 4.78 is 9.23. The number of halogens is 3. The van der Waals surface area contributed by atoms with Gasteiger partial charge in [-0.05, 0) is 61.2 Å². The molecule has 180 valence electrons. The molecule has 0 aliphatic heterocycles. The molecule has 0 bridgehead atoms. The monoisotopic (exact) mass is 578 g/mol. The van der Waals surface area contributed by atoms with Gasteiger partial charge in [0, 0.05) is 20.6 Å². The van der Waals surface area contributed by atoms with E-state index in [2.05, 4.69) is 45.2 Å². The lowest BCUT2D eigenvalue weighted by atomic mass is 9.96. The molecule has 0 unspecified atom stereocenters. The van der Waals surface area contributed by atoms with Gasteiger partial charge in [0.15, 0.2) is 5.69 Å². The quantitative estimate of drug-likeness (QED) is 0.203. The van der Waals surface area contributed by atoms with E-state index in [0.717, 1.165) is 51.8 Å². The molecule has 0 radical (unpaired) electrons. The van der Waals surface area contributed by atoms with E-state index in [1.165, 1.54) is 0 Å². The van der Waals surface area contributed by atoms with E-state index in [-0.39, 0.29) is 5.41 Å². The van der Waals surface area contributed by atoms with Crippen molar-refractivity contribution in [1.29, 1.82) is 0 Å². The Morgan fingerprint density at radius 2 is 1.67 bits per heavy atom. The molecule has 6 rings (SSSR count). The highest BCUT2D eigenvalue weighted by molar-refractivity contribution is 9.10. The molecule has 1 aliphatic carbocycles. The summed E-state index contributed by atoms with van der Waals surface area (Å²) in [5.74, 6) is 1.02. The number of aromatic nitrogens is 4. The van der Waals surface area contributed by atoms with E-state index in [1.54, 1.807) is 0 Å². The first-order chi connectivity index (χ1) is 17.5. The lowest BCUT2D eigenvalue weighted by Gasteiger charge is -2.11. The minimum atomic E-state index is -0.262. The number of benzene rings is 3. The Kier molecular flexibility index (Phi) is 5.98. The van der Waals surface area contributed by atoms with Gasteiger partial charge in [-0.15, -0.1) is 10.2 Å². The van der Waals surface area contributed by atoms with E-state index in [9.17, 15) is 0 Å². The first-order valence-corrected chi connectivity index (χ1v) is 13.3. The molecule has 0 saturated heterocycles. The van der Waals surface area contributed by atoms with Crippen molar-refractivity contribution >= 4 is 39.1 Å². The Hall–Kier alpha value is -2.93. The zero-order chi connectivity index (χ0) is 24.9. The Morgan fingerprint density at radius 1 is 0.944 bits per heavy atom. The summed E-state index contributed by atoms with van der Waals surface area (Å²) in [4.78, 5) is 0.